The summed E-state index contributed by atoms with van der Waals surface area (Å²) in [6.07, 6.45) is 0. The largest absolute Gasteiger partial charge is 0.307 e. The van der Waals surface area contributed by atoms with Crippen LogP contribution in [-0.4, -0.2) is 4.57 Å². The molecule has 0 radical (unpaired) electrons. The van der Waals surface area contributed by atoms with Gasteiger partial charge >= 0.3 is 0 Å². The highest BCUT2D eigenvalue weighted by atomic mass is 19.1. The molecule has 0 aliphatic heterocycles. The minimum atomic E-state index is -0.346. The Labute approximate surface area is 172 Å². The summed E-state index contributed by atoms with van der Waals surface area (Å²) in [5.74, 6) is -0.346. The minimum Gasteiger partial charge on any atom is -0.307 e. The van der Waals surface area contributed by atoms with Gasteiger partial charge in [-0.15, -0.1) is 0 Å². The van der Waals surface area contributed by atoms with E-state index in [2.05, 4.69) is 12.1 Å². The maximum atomic E-state index is 14.7. The number of hydrogen-bond acceptors (Lipinski definition) is 2. The molecule has 4 heteroatoms. The molecule has 0 unspecified atom stereocenters. The Morgan fingerprint density at radius 3 is 2.20 bits per heavy atom. The lowest BCUT2D eigenvalue weighted by molar-refractivity contribution is 0.631. The topological polar surface area (TPSA) is 52.5 Å². The Bertz CT molecular complexity index is 1530. The second kappa shape index (κ2) is 6.88. The van der Waals surface area contributed by atoms with Gasteiger partial charge in [-0.1, -0.05) is 48.5 Å². The van der Waals surface area contributed by atoms with Gasteiger partial charge in [-0.3, -0.25) is 0 Å². The number of aromatic nitrogens is 1. The molecule has 3 nitrogen and oxygen atoms in total. The van der Waals surface area contributed by atoms with Crippen molar-refractivity contribution in [3.05, 3.63) is 102 Å². The van der Waals surface area contributed by atoms with Gasteiger partial charge in [-0.2, -0.15) is 10.5 Å². The van der Waals surface area contributed by atoms with Gasteiger partial charge in [-0.25, -0.2) is 4.39 Å². The van der Waals surface area contributed by atoms with Crippen molar-refractivity contribution in [3.63, 3.8) is 0 Å². The fourth-order valence-electron chi connectivity index (χ4n) is 4.05. The van der Waals surface area contributed by atoms with E-state index >= 15 is 0 Å². The van der Waals surface area contributed by atoms with Crippen molar-refractivity contribution in [2.24, 2.45) is 0 Å². The minimum absolute atomic E-state index is 0.346. The predicted molar refractivity (Wildman–Crippen MR) is 116 cm³/mol. The van der Waals surface area contributed by atoms with Crippen LogP contribution in [0.1, 0.15) is 11.1 Å². The molecule has 1 heterocycles. The summed E-state index contributed by atoms with van der Waals surface area (Å²) in [5, 5.41) is 21.1. The maximum absolute atomic E-state index is 14.7. The van der Waals surface area contributed by atoms with E-state index in [1.54, 1.807) is 36.4 Å². The summed E-state index contributed by atoms with van der Waals surface area (Å²) in [5.41, 5.74) is 4.46. The van der Waals surface area contributed by atoms with Crippen LogP contribution in [0.5, 0.6) is 0 Å². The van der Waals surface area contributed by atoms with Crippen molar-refractivity contribution in [1.29, 1.82) is 10.5 Å². The summed E-state index contributed by atoms with van der Waals surface area (Å²) in [6, 6.07) is 29.7. The molecule has 4 aromatic carbocycles. The molecule has 0 saturated heterocycles. The first-order chi connectivity index (χ1) is 14.7. The number of nitriles is 2. The average Bonchev–Trinajstić information content (AvgIpc) is 3.12. The third kappa shape index (κ3) is 2.56. The SMILES string of the molecule is N#Cc1ccc2c(c1)c1ccccc1n2-c1c(C#N)cccc1-c1ccccc1F. The van der Waals surface area contributed by atoms with Gasteiger partial charge in [0, 0.05) is 21.9 Å². The molecular weight excluding hydrogens is 373 g/mol. The van der Waals surface area contributed by atoms with Crippen LogP contribution in [0, 0.1) is 28.5 Å². The Morgan fingerprint density at radius 2 is 1.40 bits per heavy atom. The Kier molecular flexibility index (Phi) is 4.05. The zero-order chi connectivity index (χ0) is 20.7. The van der Waals surface area contributed by atoms with E-state index in [9.17, 15) is 14.9 Å². The quantitative estimate of drug-likeness (QED) is 0.355. The summed E-state index contributed by atoms with van der Waals surface area (Å²) in [7, 11) is 0. The first kappa shape index (κ1) is 17.7. The summed E-state index contributed by atoms with van der Waals surface area (Å²) >= 11 is 0. The van der Waals surface area contributed by atoms with Crippen LogP contribution in [0.25, 0.3) is 38.6 Å². The molecule has 0 fully saturated rings. The van der Waals surface area contributed by atoms with Crippen LogP contribution in [0.4, 0.5) is 4.39 Å². The highest BCUT2D eigenvalue weighted by molar-refractivity contribution is 6.10. The lowest BCUT2D eigenvalue weighted by Crippen LogP contribution is -2.01. The van der Waals surface area contributed by atoms with Crippen LogP contribution < -0.4 is 0 Å². The van der Waals surface area contributed by atoms with E-state index < -0.39 is 0 Å². The van der Waals surface area contributed by atoms with E-state index in [1.807, 2.05) is 47.0 Å². The fraction of sp³-hybridized carbons (Fsp3) is 0. The van der Waals surface area contributed by atoms with Crippen molar-refractivity contribution in [2.75, 3.05) is 0 Å². The molecule has 0 N–H and O–H groups in total. The lowest BCUT2D eigenvalue weighted by Gasteiger charge is -2.16. The van der Waals surface area contributed by atoms with E-state index in [4.69, 9.17) is 0 Å². The highest BCUT2D eigenvalue weighted by Gasteiger charge is 2.20. The number of fused-ring (bicyclic) bond motifs is 3. The normalized spacial score (nSPS) is 10.8. The summed E-state index contributed by atoms with van der Waals surface area (Å²) in [4.78, 5) is 0. The average molecular weight is 387 g/mol. The number of benzene rings is 4. The van der Waals surface area contributed by atoms with Crippen molar-refractivity contribution in [2.45, 2.75) is 0 Å². The van der Waals surface area contributed by atoms with E-state index in [1.165, 1.54) is 6.07 Å². The zero-order valence-electron chi connectivity index (χ0n) is 15.8. The van der Waals surface area contributed by atoms with E-state index in [-0.39, 0.29) is 5.82 Å². The molecule has 140 valence electrons. The summed E-state index contributed by atoms with van der Waals surface area (Å²) < 4.78 is 16.7. The Hall–Kier alpha value is -4.41. The standard InChI is InChI=1S/C26H14FN3/c27-23-10-3-1-7-19(23)21-9-5-6-18(16-29)26(21)30-24-11-4-2-8-20(24)22-14-17(15-28)12-13-25(22)30/h1-14H. The third-order valence-electron chi connectivity index (χ3n) is 5.35. The van der Waals surface area contributed by atoms with Crippen LogP contribution in [-0.2, 0) is 0 Å². The zero-order valence-corrected chi connectivity index (χ0v) is 15.8. The molecule has 0 amide bonds. The third-order valence-corrected chi connectivity index (χ3v) is 5.35. The highest BCUT2D eigenvalue weighted by Crippen LogP contribution is 2.38. The molecule has 0 bridgehead atoms. The summed E-state index contributed by atoms with van der Waals surface area (Å²) in [6.45, 7) is 0. The Morgan fingerprint density at radius 1 is 0.667 bits per heavy atom. The second-order valence-electron chi connectivity index (χ2n) is 6.99. The Balaban J connectivity index is 1.98. The van der Waals surface area contributed by atoms with E-state index in [0.29, 0.717) is 27.9 Å². The molecule has 30 heavy (non-hydrogen) atoms. The number of para-hydroxylation sites is 2. The monoisotopic (exact) mass is 387 g/mol. The molecule has 0 saturated carbocycles. The smallest absolute Gasteiger partial charge is 0.131 e. The van der Waals surface area contributed by atoms with Crippen molar-refractivity contribution < 1.29 is 4.39 Å². The van der Waals surface area contributed by atoms with Gasteiger partial charge in [0.2, 0.25) is 0 Å². The predicted octanol–water partition coefficient (Wildman–Crippen LogP) is 6.33. The number of halogens is 1. The van der Waals surface area contributed by atoms with Gasteiger partial charge in [-0.05, 0) is 36.4 Å². The number of rotatable bonds is 2. The molecule has 0 aliphatic carbocycles. The second-order valence-corrected chi connectivity index (χ2v) is 6.99. The van der Waals surface area contributed by atoms with Gasteiger partial charge in [0.25, 0.3) is 0 Å². The van der Waals surface area contributed by atoms with Crippen LogP contribution >= 0.6 is 0 Å². The molecule has 0 atom stereocenters. The van der Waals surface area contributed by atoms with Gasteiger partial charge < -0.3 is 4.57 Å². The van der Waals surface area contributed by atoms with Gasteiger partial charge in [0.05, 0.1) is 33.9 Å². The first-order valence-corrected chi connectivity index (χ1v) is 9.44. The van der Waals surface area contributed by atoms with Crippen LogP contribution in [0.2, 0.25) is 0 Å². The van der Waals surface area contributed by atoms with Crippen molar-refractivity contribution in [3.8, 4) is 29.0 Å². The molecule has 5 rings (SSSR count). The lowest BCUT2D eigenvalue weighted by atomic mass is 9.99. The molecule has 0 aliphatic rings. The molecule has 1 aromatic heterocycles. The van der Waals surface area contributed by atoms with Crippen LogP contribution in [0.15, 0.2) is 84.9 Å². The molecule has 0 spiro atoms. The van der Waals surface area contributed by atoms with Gasteiger partial charge in [0.1, 0.15) is 11.9 Å². The van der Waals surface area contributed by atoms with Gasteiger partial charge in [0.15, 0.2) is 0 Å². The first-order valence-electron chi connectivity index (χ1n) is 9.44. The van der Waals surface area contributed by atoms with Crippen molar-refractivity contribution in [1.82, 2.24) is 4.57 Å². The molecular formula is C26H14FN3. The van der Waals surface area contributed by atoms with Crippen molar-refractivity contribution >= 4 is 21.8 Å². The fourth-order valence-corrected chi connectivity index (χ4v) is 4.05. The number of nitrogens with zero attached hydrogens (tertiary/aromatic N) is 3. The van der Waals surface area contributed by atoms with Crippen LogP contribution in [0.3, 0.4) is 0 Å². The van der Waals surface area contributed by atoms with E-state index in [0.717, 1.165) is 21.8 Å². The molecule has 5 aromatic rings. The number of hydrogen-bond donors (Lipinski definition) is 0. The maximum Gasteiger partial charge on any atom is 0.131 e.